The molecule has 4 aromatic heterocycles. The van der Waals surface area contributed by atoms with E-state index < -0.39 is 0 Å². The molecule has 15 heteroatoms. The van der Waals surface area contributed by atoms with Crippen LogP contribution < -0.4 is 23.7 Å². The van der Waals surface area contributed by atoms with E-state index in [-0.39, 0.29) is 0 Å². The molecule has 0 radical (unpaired) electrons. The van der Waals surface area contributed by atoms with Crippen molar-refractivity contribution in [1.82, 2.24) is 51.2 Å². The second-order valence-corrected chi connectivity index (χ2v) is 14.8. The largest absolute Gasteiger partial charge is 0.493 e. The monoisotopic (exact) mass is 862 g/mol. The molecule has 2 N–H and O–H groups in total. The number of H-pyrrole nitrogens is 2. The van der Waals surface area contributed by atoms with Gasteiger partial charge in [0.25, 0.3) is 0 Å². The molecule has 0 bridgehead atoms. The first-order chi connectivity index (χ1) is 32.0. The van der Waals surface area contributed by atoms with Gasteiger partial charge < -0.3 is 23.7 Å². The summed E-state index contributed by atoms with van der Waals surface area (Å²) in [5.74, 6) is 4.58. The number of ether oxygens (including phenoxy) is 5. The van der Waals surface area contributed by atoms with E-state index in [4.69, 9.17) is 23.7 Å². The van der Waals surface area contributed by atoms with E-state index in [9.17, 15) is 0 Å². The Morgan fingerprint density at radius 3 is 1.49 bits per heavy atom. The second kappa shape index (κ2) is 20.0. The summed E-state index contributed by atoms with van der Waals surface area (Å²) >= 11 is 0. The Morgan fingerprint density at radius 2 is 0.969 bits per heavy atom. The van der Waals surface area contributed by atoms with Crippen LogP contribution in [0.3, 0.4) is 0 Å². The Balaban J connectivity index is 0.000000164. The quantitative estimate of drug-likeness (QED) is 0.0996. The van der Waals surface area contributed by atoms with Crippen molar-refractivity contribution in [3.63, 3.8) is 0 Å². The van der Waals surface area contributed by atoms with Gasteiger partial charge in [0, 0.05) is 28.0 Å². The number of para-hydroxylation sites is 2. The molecule has 0 saturated carbocycles. The lowest BCUT2D eigenvalue weighted by Crippen LogP contribution is -2.01. The Morgan fingerprint density at radius 1 is 0.446 bits per heavy atom. The second-order valence-electron chi connectivity index (χ2n) is 14.8. The van der Waals surface area contributed by atoms with Gasteiger partial charge in [-0.25, -0.2) is 9.97 Å². The molecule has 10 aromatic rings. The average molecular weight is 863 g/mol. The Kier molecular flexibility index (Phi) is 12.8. The van der Waals surface area contributed by atoms with Crippen LogP contribution in [0.15, 0.2) is 158 Å². The standard InChI is InChI=1S/C25H21N5O3.C25H21N5O2/c1-31-24-14-21(32-16-20-10-9-18-6-2-3-8-22(18)26-20)11-12-23(24)33-15-17-5-4-7-19(13-17)25-27-29-30-28-25;1-17-13-22(31-16-21-10-9-19-6-2-3-8-23(19)26-21)11-12-24(17)32-15-18-5-4-7-20(14-18)25-27-29-30-28-25/h2-14H,15-16H2,1H3,(H,27,28,29,30);2-14H,15-16H2,1H3,(H,27,28,29,30). The third-order valence-electron chi connectivity index (χ3n) is 10.2. The number of methoxy groups -OCH3 is 1. The van der Waals surface area contributed by atoms with Crippen molar-refractivity contribution in [3.05, 3.63) is 186 Å². The summed E-state index contributed by atoms with van der Waals surface area (Å²) in [4.78, 5) is 9.30. The molecule has 0 atom stereocenters. The molecular formula is C50H42N10O5. The highest BCUT2D eigenvalue weighted by Gasteiger charge is 2.11. The van der Waals surface area contributed by atoms with Gasteiger partial charge in [0.05, 0.1) is 29.5 Å². The van der Waals surface area contributed by atoms with Crippen LogP contribution >= 0.6 is 0 Å². The van der Waals surface area contributed by atoms with Gasteiger partial charge in [0.2, 0.25) is 11.6 Å². The summed E-state index contributed by atoms with van der Waals surface area (Å²) in [5, 5.41) is 30.4. The first kappa shape index (κ1) is 41.6. The fourth-order valence-electron chi connectivity index (χ4n) is 6.91. The molecule has 0 fully saturated rings. The zero-order valence-corrected chi connectivity index (χ0v) is 35.5. The van der Waals surface area contributed by atoms with Gasteiger partial charge in [0.15, 0.2) is 11.5 Å². The van der Waals surface area contributed by atoms with Crippen LogP contribution in [0.2, 0.25) is 0 Å². The van der Waals surface area contributed by atoms with Crippen LogP contribution in [0.5, 0.6) is 28.7 Å². The Bertz CT molecular complexity index is 3150. The van der Waals surface area contributed by atoms with E-state index >= 15 is 0 Å². The number of hydrogen-bond acceptors (Lipinski definition) is 13. The average Bonchev–Trinajstić information content (AvgIpc) is 4.12. The number of aryl methyl sites for hydroxylation is 1. The van der Waals surface area contributed by atoms with Crippen molar-refractivity contribution in [2.45, 2.75) is 33.4 Å². The number of aromatic nitrogens is 10. The van der Waals surface area contributed by atoms with Crippen molar-refractivity contribution in [3.8, 4) is 51.5 Å². The first-order valence-electron chi connectivity index (χ1n) is 20.7. The van der Waals surface area contributed by atoms with Crippen molar-refractivity contribution in [1.29, 1.82) is 0 Å². The summed E-state index contributed by atoms with van der Waals surface area (Å²) in [6.07, 6.45) is 0. The van der Waals surface area contributed by atoms with Crippen molar-refractivity contribution in [2.75, 3.05) is 7.11 Å². The summed E-state index contributed by atoms with van der Waals surface area (Å²) in [6, 6.07) is 51.2. The van der Waals surface area contributed by atoms with Crippen LogP contribution in [0.4, 0.5) is 0 Å². The zero-order valence-electron chi connectivity index (χ0n) is 35.5. The molecule has 0 unspecified atom stereocenters. The summed E-state index contributed by atoms with van der Waals surface area (Å²) in [5.41, 5.74) is 8.42. The van der Waals surface area contributed by atoms with Gasteiger partial charge in [-0.2, -0.15) is 10.4 Å². The molecule has 10 rings (SSSR count). The van der Waals surface area contributed by atoms with Crippen LogP contribution in [0.1, 0.15) is 28.1 Å². The number of nitrogens with one attached hydrogen (secondary N) is 2. The number of aromatic amines is 2. The van der Waals surface area contributed by atoms with E-state index in [0.29, 0.717) is 55.3 Å². The predicted molar refractivity (Wildman–Crippen MR) is 244 cm³/mol. The molecule has 0 aliphatic carbocycles. The maximum absolute atomic E-state index is 6.03. The van der Waals surface area contributed by atoms with Crippen LogP contribution in [0, 0.1) is 6.92 Å². The molecule has 0 aliphatic heterocycles. The number of fused-ring (bicyclic) bond motifs is 2. The van der Waals surface area contributed by atoms with Crippen molar-refractivity contribution in [2.24, 2.45) is 0 Å². The molecule has 322 valence electrons. The number of rotatable bonds is 15. The van der Waals surface area contributed by atoms with Gasteiger partial charge >= 0.3 is 0 Å². The normalized spacial score (nSPS) is 10.9. The molecular weight excluding hydrogens is 821 g/mol. The van der Waals surface area contributed by atoms with Crippen molar-refractivity contribution >= 4 is 21.8 Å². The van der Waals surface area contributed by atoms with Gasteiger partial charge in [0.1, 0.15) is 43.7 Å². The number of nitrogens with zero attached hydrogens (tertiary/aromatic N) is 8. The molecule has 0 amide bonds. The number of hydrogen-bond donors (Lipinski definition) is 2. The first-order valence-corrected chi connectivity index (χ1v) is 20.7. The predicted octanol–water partition coefficient (Wildman–Crippen LogP) is 9.46. The third kappa shape index (κ3) is 10.7. The van der Waals surface area contributed by atoms with Crippen molar-refractivity contribution < 1.29 is 23.7 Å². The van der Waals surface area contributed by atoms with E-state index in [2.05, 4.69) is 63.3 Å². The zero-order chi connectivity index (χ0) is 44.2. The minimum absolute atomic E-state index is 0.358. The van der Waals surface area contributed by atoms with E-state index in [0.717, 1.165) is 72.5 Å². The highest BCUT2D eigenvalue weighted by atomic mass is 16.5. The lowest BCUT2D eigenvalue weighted by molar-refractivity contribution is 0.277. The fraction of sp³-hybridized carbons (Fsp3) is 0.120. The minimum Gasteiger partial charge on any atom is -0.493 e. The molecule has 15 nitrogen and oxygen atoms in total. The molecule has 4 heterocycles. The smallest absolute Gasteiger partial charge is 0.204 e. The molecule has 65 heavy (non-hydrogen) atoms. The number of tetrazole rings is 2. The van der Waals surface area contributed by atoms with Crippen LogP contribution in [0.25, 0.3) is 44.6 Å². The molecule has 0 aliphatic rings. The third-order valence-corrected chi connectivity index (χ3v) is 10.2. The van der Waals surface area contributed by atoms with E-state index in [1.807, 2.05) is 153 Å². The fourth-order valence-corrected chi connectivity index (χ4v) is 6.91. The maximum atomic E-state index is 6.03. The lowest BCUT2D eigenvalue weighted by Gasteiger charge is -2.13. The highest BCUT2D eigenvalue weighted by Crippen LogP contribution is 2.33. The van der Waals surface area contributed by atoms with E-state index in [1.165, 1.54) is 0 Å². The number of pyridine rings is 2. The maximum Gasteiger partial charge on any atom is 0.204 e. The lowest BCUT2D eigenvalue weighted by atomic mass is 10.1. The van der Waals surface area contributed by atoms with Crippen LogP contribution in [-0.2, 0) is 26.4 Å². The molecule has 0 spiro atoms. The summed E-state index contributed by atoms with van der Waals surface area (Å²) in [6.45, 7) is 3.58. The van der Waals surface area contributed by atoms with Gasteiger partial charge in [-0.05, 0) is 101 Å². The topological polar surface area (TPSA) is 181 Å². The van der Waals surface area contributed by atoms with Gasteiger partial charge in [-0.15, -0.1) is 20.4 Å². The Labute approximate surface area is 373 Å². The van der Waals surface area contributed by atoms with Crippen LogP contribution in [-0.4, -0.2) is 58.3 Å². The summed E-state index contributed by atoms with van der Waals surface area (Å²) in [7, 11) is 1.60. The SMILES string of the molecule is COc1cc(OCc2ccc3ccccc3n2)ccc1OCc1cccc(-c2nn[nH]n2)c1.Cc1cc(OCc2ccc3ccccc3n2)ccc1OCc1cccc(-c2nn[nH]n2)c1. The van der Waals surface area contributed by atoms with Gasteiger partial charge in [-0.3, -0.25) is 0 Å². The van der Waals surface area contributed by atoms with Gasteiger partial charge in [-0.1, -0.05) is 84.9 Å². The molecule has 6 aromatic carbocycles. The Hall–Kier alpha value is -8.72. The van der Waals surface area contributed by atoms with E-state index in [1.54, 1.807) is 7.11 Å². The number of benzene rings is 6. The molecule has 0 saturated heterocycles. The summed E-state index contributed by atoms with van der Waals surface area (Å²) < 4.78 is 29.4. The minimum atomic E-state index is 0.358. The highest BCUT2D eigenvalue weighted by molar-refractivity contribution is 5.79.